The van der Waals surface area contributed by atoms with E-state index in [4.69, 9.17) is 9.47 Å². The maximum Gasteiger partial charge on any atom is 0.408 e. The van der Waals surface area contributed by atoms with Crippen LogP contribution in [0.25, 0.3) is 0 Å². The number of esters is 1. The van der Waals surface area contributed by atoms with Crippen molar-refractivity contribution in [3.05, 3.63) is 35.9 Å². The normalized spacial score (nSPS) is 12.3. The zero-order valence-electron chi connectivity index (χ0n) is 22.7. The summed E-state index contributed by atoms with van der Waals surface area (Å²) in [6.45, 7) is 3.95. The largest absolute Gasteiger partial charge is 0.460 e. The Labute approximate surface area is 222 Å². The van der Waals surface area contributed by atoms with E-state index in [0.29, 0.717) is 6.29 Å². The third-order valence-corrected chi connectivity index (χ3v) is 6.10. The highest BCUT2D eigenvalue weighted by atomic mass is 16.6. The van der Waals surface area contributed by atoms with Crippen molar-refractivity contribution in [3.63, 3.8) is 0 Å². The number of carbonyl (C=O) groups excluding carboxylic acids is 4. The van der Waals surface area contributed by atoms with E-state index in [0.717, 1.165) is 24.8 Å². The summed E-state index contributed by atoms with van der Waals surface area (Å²) < 4.78 is 10.7. The number of aldehydes is 1. The summed E-state index contributed by atoms with van der Waals surface area (Å²) in [5.74, 6) is -0.956. The smallest absolute Gasteiger partial charge is 0.408 e. The van der Waals surface area contributed by atoms with Crippen molar-refractivity contribution >= 4 is 24.3 Å². The summed E-state index contributed by atoms with van der Waals surface area (Å²) >= 11 is 0. The standard InChI is InChI=1S/C29H46N2O6/c1-3-4-5-6-7-8-9-10-11-12-16-20-26(33)37-24(2)27(28(34)30-21-17-22-32)31-29(35)36-23-25-18-14-13-15-19-25/h13-15,18-19,22,24,27H,3-12,16-17,20-21,23H2,1-2H3,(H,30,34)(H,31,35)/t24-,27-/m0/s1. The topological polar surface area (TPSA) is 111 Å². The lowest BCUT2D eigenvalue weighted by Crippen LogP contribution is -2.53. The van der Waals surface area contributed by atoms with Crippen molar-refractivity contribution in [2.45, 2.75) is 116 Å². The number of carbonyl (C=O) groups is 4. The summed E-state index contributed by atoms with van der Waals surface area (Å²) in [6.07, 6.45) is 12.4. The van der Waals surface area contributed by atoms with Crippen molar-refractivity contribution in [2.24, 2.45) is 0 Å². The highest BCUT2D eigenvalue weighted by molar-refractivity contribution is 5.86. The minimum atomic E-state index is -1.14. The Morgan fingerprint density at radius 2 is 1.49 bits per heavy atom. The monoisotopic (exact) mass is 518 g/mol. The first-order chi connectivity index (χ1) is 18.0. The molecule has 2 atom stereocenters. The molecule has 0 aliphatic heterocycles. The van der Waals surface area contributed by atoms with Gasteiger partial charge in [-0.25, -0.2) is 4.79 Å². The Hall–Kier alpha value is -2.90. The number of nitrogens with one attached hydrogen (secondary N) is 2. The SMILES string of the molecule is CCCCCCCCCCCCCC(=O)O[C@@H](C)[C@H](NC(=O)OCc1ccccc1)C(=O)NCCC=O. The quantitative estimate of drug-likeness (QED) is 0.124. The number of rotatable bonds is 21. The highest BCUT2D eigenvalue weighted by Gasteiger charge is 2.30. The van der Waals surface area contributed by atoms with Crippen LogP contribution in [0, 0.1) is 0 Å². The van der Waals surface area contributed by atoms with Gasteiger partial charge in [-0.2, -0.15) is 0 Å². The minimum absolute atomic E-state index is 0.0409. The van der Waals surface area contributed by atoms with Crippen molar-refractivity contribution in [2.75, 3.05) is 6.54 Å². The molecule has 0 aliphatic rings. The Kier molecular flexibility index (Phi) is 18.4. The van der Waals surface area contributed by atoms with Crippen LogP contribution >= 0.6 is 0 Å². The van der Waals surface area contributed by atoms with Crippen LogP contribution in [0.1, 0.15) is 103 Å². The highest BCUT2D eigenvalue weighted by Crippen LogP contribution is 2.13. The Bertz CT molecular complexity index is 771. The van der Waals surface area contributed by atoms with Crippen LogP contribution in [-0.2, 0) is 30.5 Å². The fourth-order valence-corrected chi connectivity index (χ4v) is 3.92. The molecule has 0 unspecified atom stereocenters. The molecule has 2 N–H and O–H groups in total. The Balaban J connectivity index is 2.38. The van der Waals surface area contributed by atoms with E-state index in [-0.39, 0.29) is 26.0 Å². The Morgan fingerprint density at radius 1 is 0.892 bits per heavy atom. The van der Waals surface area contributed by atoms with Gasteiger partial charge < -0.3 is 24.9 Å². The molecule has 8 heteroatoms. The molecule has 0 saturated carbocycles. The van der Waals surface area contributed by atoms with Crippen LogP contribution in [0.15, 0.2) is 30.3 Å². The van der Waals surface area contributed by atoms with Crippen LogP contribution in [0.2, 0.25) is 0 Å². The van der Waals surface area contributed by atoms with E-state index in [1.165, 1.54) is 51.4 Å². The number of benzene rings is 1. The molecule has 0 aliphatic carbocycles. The average Bonchev–Trinajstić information content (AvgIpc) is 2.89. The molecule has 37 heavy (non-hydrogen) atoms. The maximum atomic E-state index is 12.6. The summed E-state index contributed by atoms with van der Waals surface area (Å²) in [5.41, 5.74) is 0.802. The number of hydrogen-bond acceptors (Lipinski definition) is 6. The van der Waals surface area contributed by atoms with Crippen LogP contribution in [0.4, 0.5) is 4.79 Å². The van der Waals surface area contributed by atoms with Crippen molar-refractivity contribution in [3.8, 4) is 0 Å². The van der Waals surface area contributed by atoms with E-state index >= 15 is 0 Å². The molecule has 0 aromatic heterocycles. The van der Waals surface area contributed by atoms with Gasteiger partial charge in [-0.3, -0.25) is 9.59 Å². The molecule has 0 heterocycles. The summed E-state index contributed by atoms with van der Waals surface area (Å²) in [4.78, 5) is 47.9. The zero-order chi connectivity index (χ0) is 27.1. The molecule has 1 aromatic rings. The third-order valence-electron chi connectivity index (χ3n) is 6.10. The lowest BCUT2D eigenvalue weighted by atomic mass is 10.1. The molecule has 0 spiro atoms. The Morgan fingerprint density at radius 3 is 2.08 bits per heavy atom. The van der Waals surface area contributed by atoms with Gasteiger partial charge in [-0.15, -0.1) is 0 Å². The van der Waals surface area contributed by atoms with E-state index in [2.05, 4.69) is 17.6 Å². The van der Waals surface area contributed by atoms with Gasteiger partial charge in [-0.05, 0) is 18.9 Å². The molecular weight excluding hydrogens is 472 g/mol. The molecular formula is C29H46N2O6. The van der Waals surface area contributed by atoms with Gasteiger partial charge in [0.25, 0.3) is 0 Å². The van der Waals surface area contributed by atoms with Gasteiger partial charge in [0.2, 0.25) is 5.91 Å². The van der Waals surface area contributed by atoms with Gasteiger partial charge in [0, 0.05) is 19.4 Å². The van der Waals surface area contributed by atoms with Crippen LogP contribution in [-0.4, -0.2) is 42.9 Å². The predicted molar refractivity (Wildman–Crippen MR) is 144 cm³/mol. The van der Waals surface area contributed by atoms with E-state index in [9.17, 15) is 19.2 Å². The second-order valence-electron chi connectivity index (χ2n) is 9.41. The molecule has 8 nitrogen and oxygen atoms in total. The van der Waals surface area contributed by atoms with E-state index < -0.39 is 30.1 Å². The van der Waals surface area contributed by atoms with Crippen LogP contribution < -0.4 is 10.6 Å². The fraction of sp³-hybridized carbons (Fsp3) is 0.655. The van der Waals surface area contributed by atoms with E-state index in [1.807, 2.05) is 30.3 Å². The first-order valence-corrected chi connectivity index (χ1v) is 13.9. The predicted octanol–water partition coefficient (Wildman–Crippen LogP) is 5.62. The van der Waals surface area contributed by atoms with Crippen LogP contribution in [0.5, 0.6) is 0 Å². The first-order valence-electron chi connectivity index (χ1n) is 13.9. The van der Waals surface area contributed by atoms with Gasteiger partial charge in [-0.1, -0.05) is 101 Å². The third kappa shape index (κ3) is 16.5. The molecule has 2 amide bonds. The van der Waals surface area contributed by atoms with Gasteiger partial charge in [0.05, 0.1) is 0 Å². The second kappa shape index (κ2) is 21.2. The molecule has 0 bridgehead atoms. The van der Waals surface area contributed by atoms with Crippen LogP contribution in [0.3, 0.4) is 0 Å². The zero-order valence-corrected chi connectivity index (χ0v) is 22.7. The molecule has 0 fully saturated rings. The number of unbranched alkanes of at least 4 members (excludes halogenated alkanes) is 10. The molecule has 0 radical (unpaired) electrons. The molecule has 1 aromatic carbocycles. The number of hydrogen-bond donors (Lipinski definition) is 2. The lowest BCUT2D eigenvalue weighted by Gasteiger charge is -2.24. The summed E-state index contributed by atoms with van der Waals surface area (Å²) in [5, 5.41) is 5.07. The average molecular weight is 519 g/mol. The van der Waals surface area contributed by atoms with Crippen molar-refractivity contribution in [1.82, 2.24) is 10.6 Å². The molecule has 0 saturated heterocycles. The van der Waals surface area contributed by atoms with Gasteiger partial charge >= 0.3 is 12.1 Å². The number of amides is 2. The number of ether oxygens (including phenoxy) is 2. The molecule has 208 valence electrons. The number of alkyl carbamates (subject to hydrolysis) is 1. The summed E-state index contributed by atoms with van der Waals surface area (Å²) in [6, 6.07) is 8.01. The van der Waals surface area contributed by atoms with E-state index in [1.54, 1.807) is 6.92 Å². The van der Waals surface area contributed by atoms with Gasteiger partial charge in [0.15, 0.2) is 0 Å². The van der Waals surface area contributed by atoms with Crippen molar-refractivity contribution in [1.29, 1.82) is 0 Å². The minimum Gasteiger partial charge on any atom is -0.460 e. The van der Waals surface area contributed by atoms with Gasteiger partial charge in [0.1, 0.15) is 25.0 Å². The summed E-state index contributed by atoms with van der Waals surface area (Å²) in [7, 11) is 0. The van der Waals surface area contributed by atoms with Crippen molar-refractivity contribution < 1.29 is 28.7 Å². The second-order valence-corrected chi connectivity index (χ2v) is 9.41. The maximum absolute atomic E-state index is 12.6. The first kappa shape index (κ1) is 32.1. The lowest BCUT2D eigenvalue weighted by molar-refractivity contribution is -0.151. The molecule has 1 rings (SSSR count). The fourth-order valence-electron chi connectivity index (χ4n) is 3.92.